The Kier molecular flexibility index (Phi) is 31.6. The number of hydrogen-bond donors (Lipinski definition) is 4. The van der Waals surface area contributed by atoms with Crippen LogP contribution in [0.5, 0.6) is 5.75 Å². The summed E-state index contributed by atoms with van der Waals surface area (Å²) in [4.78, 5) is 174. The maximum Gasteiger partial charge on any atom is 0.419 e. The standard InChI is InChI=1S/C77H119F3N12O13/c1-16-49(5)64-72(101)86(10)46-63(94)88(12)58-36-24-21-29-41-91(71(58)100)57(66(95)82-8)35-28-25-31-50(17-2)30-22-20-23-34-56(67(96)83-64)87(11)62(93)44-60(70(99)85(9)18-3)89(13)73(102)65(52-32-26-27-33-52)90(14)74(103)76(47-75(6,7)48-76)84-68(97)59-43-53(105-19-4)45-92(59)69(98)55(81)40-38-51-37-39-54(77(78,79)80)61(42-51)104-15/h17,21,24-25,31,37,39,42,49,52-53,55-60,64-65H,16,18-20,22-23,26-30,32-36,38,40-41,43-48,81H2,1-15H3,(H,82,95)(H,83,96)(H,84,97)/b24-21-,31-25-,50-17-/t49-,53+,55-,56?,57?,58-,59-,60-,64?,65-/m0/s1. The first kappa shape index (κ1) is 86.0. The highest BCUT2D eigenvalue weighted by Gasteiger charge is 2.59. The minimum atomic E-state index is -4.66. The van der Waals surface area contributed by atoms with Crippen molar-refractivity contribution in [3.8, 4) is 5.75 Å². The van der Waals surface area contributed by atoms with E-state index in [2.05, 4.69) is 16.0 Å². The van der Waals surface area contributed by atoms with Gasteiger partial charge in [0.25, 0.3) is 0 Å². The quantitative estimate of drug-likeness (QED) is 0.0896. The largest absolute Gasteiger partial charge is 0.496 e. The molecule has 0 aromatic heterocycles. The number of rotatable bonds is 22. The predicted molar refractivity (Wildman–Crippen MR) is 392 cm³/mol. The number of fused-ring (bicyclic) bond motifs is 2. The van der Waals surface area contributed by atoms with Crippen LogP contribution in [-0.4, -0.2) is 253 Å². The number of ether oxygens (including phenoxy) is 2. The van der Waals surface area contributed by atoms with Crippen molar-refractivity contribution in [1.82, 2.24) is 55.1 Å². The lowest BCUT2D eigenvalue weighted by Gasteiger charge is -2.54. The number of benzene rings is 1. The number of nitrogens with zero attached hydrogens (tertiary/aromatic N) is 8. The van der Waals surface area contributed by atoms with Crippen LogP contribution in [0.25, 0.3) is 0 Å². The van der Waals surface area contributed by atoms with Crippen LogP contribution in [0.15, 0.2) is 54.2 Å². The molecule has 3 heterocycles. The first-order valence-electron chi connectivity index (χ1n) is 37.6. The third kappa shape index (κ3) is 21.7. The molecule has 25 nitrogen and oxygen atoms in total. The summed E-state index contributed by atoms with van der Waals surface area (Å²) in [7, 11) is 11.5. The fourth-order valence-corrected chi connectivity index (χ4v) is 15.8. The summed E-state index contributed by atoms with van der Waals surface area (Å²) < 4.78 is 52.1. The van der Waals surface area contributed by atoms with Crippen LogP contribution in [0.3, 0.4) is 0 Å². The number of hydrogen-bond acceptors (Lipinski definition) is 14. The average Bonchev–Trinajstić information content (AvgIpc) is 1.29. The van der Waals surface area contributed by atoms with E-state index in [1.807, 2.05) is 58.1 Å². The third-order valence-electron chi connectivity index (χ3n) is 22.2. The number of nitrogens with two attached hydrogens (primary N) is 1. The van der Waals surface area contributed by atoms with Gasteiger partial charge in [0.05, 0.1) is 37.8 Å². The number of carbonyl (C=O) groups is 11. The lowest BCUT2D eigenvalue weighted by Crippen LogP contribution is -2.71. The molecule has 3 fully saturated rings. The number of nitrogens with one attached hydrogen (secondary N) is 3. The Labute approximate surface area is 619 Å². The van der Waals surface area contributed by atoms with Crippen LogP contribution in [0.1, 0.15) is 182 Å². The van der Waals surface area contributed by atoms with Gasteiger partial charge in [0, 0.05) is 82.0 Å². The smallest absolute Gasteiger partial charge is 0.419 e. The zero-order valence-corrected chi connectivity index (χ0v) is 64.7. The SMILES string of the molecule is C/C=C1\C=C/CCC(C(=O)NC)N2CC/C=C\C[C@@H](C2=O)N(C)C(=O)CN(C)C(=O)C([C@@H](C)CC)NC(=O)C(N(C)C(=O)C[C@@H](C(=O)N(C)CC)N(C)C(=O)[C@H](C2CCCC2)N(C)C(=O)C2(NC(=O)[C@@H]3C[C@@H](OCC)CN3C(=O)[C@@H](N)CCc3ccc(C(F)(F)F)c(OC)c3)CC(C)(C)C2)CCCCC1. The molecule has 11 amide bonds. The Hall–Kier alpha value is -7.88. The zero-order valence-electron chi connectivity index (χ0n) is 64.7. The summed E-state index contributed by atoms with van der Waals surface area (Å²) in [6.45, 7) is 13.2. The summed E-state index contributed by atoms with van der Waals surface area (Å²) >= 11 is 0. The molecular formula is C77H119F3N12O13. The minimum absolute atomic E-state index is 0.00525. The van der Waals surface area contributed by atoms with Gasteiger partial charge in [0.2, 0.25) is 65.0 Å². The topological polar surface area (TPSA) is 294 Å². The maximum atomic E-state index is 15.7. The van der Waals surface area contributed by atoms with Crippen molar-refractivity contribution >= 4 is 65.0 Å². The molecule has 1 aromatic rings. The molecule has 2 aliphatic carbocycles. The number of likely N-dealkylation sites (N-methyl/N-ethyl adjacent to an activating group) is 7. The molecule has 1 saturated heterocycles. The summed E-state index contributed by atoms with van der Waals surface area (Å²) in [5.41, 5.74) is 5.00. The lowest BCUT2D eigenvalue weighted by atomic mass is 9.58. The molecule has 2 saturated carbocycles. The van der Waals surface area contributed by atoms with Crippen LogP contribution in [0.4, 0.5) is 13.2 Å². The molecule has 6 rings (SSSR count). The first-order valence-corrected chi connectivity index (χ1v) is 37.6. The molecule has 3 aliphatic heterocycles. The number of methoxy groups -OCH3 is 1. The molecule has 0 radical (unpaired) electrons. The van der Waals surface area contributed by atoms with Crippen molar-refractivity contribution in [2.75, 3.05) is 89.2 Å². The van der Waals surface area contributed by atoms with Crippen molar-refractivity contribution in [3.63, 3.8) is 0 Å². The van der Waals surface area contributed by atoms with E-state index < -0.39 is 161 Å². The Bertz CT molecular complexity index is 3330. The van der Waals surface area contributed by atoms with Crippen LogP contribution < -0.4 is 26.4 Å². The second-order valence-electron chi connectivity index (χ2n) is 30.2. The van der Waals surface area contributed by atoms with Gasteiger partial charge in [0.15, 0.2) is 0 Å². The Balaban J connectivity index is 1.27. The second-order valence-corrected chi connectivity index (χ2v) is 30.2. The van der Waals surface area contributed by atoms with Gasteiger partial charge in [-0.1, -0.05) is 102 Å². The predicted octanol–water partition coefficient (Wildman–Crippen LogP) is 6.55. The molecule has 5 N–H and O–H groups in total. The second kappa shape index (κ2) is 38.6. The summed E-state index contributed by atoms with van der Waals surface area (Å²) in [5.74, 6) is -7.50. The van der Waals surface area contributed by atoms with Crippen molar-refractivity contribution in [2.45, 2.75) is 243 Å². The highest BCUT2D eigenvalue weighted by Crippen LogP contribution is 2.50. The Morgan fingerprint density at radius 2 is 1.52 bits per heavy atom. The van der Waals surface area contributed by atoms with Gasteiger partial charge >= 0.3 is 6.18 Å². The molecule has 1 aromatic carbocycles. The maximum absolute atomic E-state index is 15.7. The average molecular weight is 1480 g/mol. The Morgan fingerprint density at radius 1 is 0.848 bits per heavy atom. The van der Waals surface area contributed by atoms with Gasteiger partial charge in [-0.2, -0.15) is 13.2 Å². The van der Waals surface area contributed by atoms with E-state index in [-0.39, 0.29) is 82.8 Å². The van der Waals surface area contributed by atoms with Crippen LogP contribution in [0.2, 0.25) is 0 Å². The summed E-state index contributed by atoms with van der Waals surface area (Å²) in [6.07, 6.45) is 11.3. The lowest BCUT2D eigenvalue weighted by molar-refractivity contribution is -0.161. The number of amides is 11. The van der Waals surface area contributed by atoms with Gasteiger partial charge < -0.3 is 70.4 Å². The number of carbonyl (C=O) groups excluding carboxylic acids is 11. The van der Waals surface area contributed by atoms with Crippen molar-refractivity contribution < 1.29 is 75.4 Å². The van der Waals surface area contributed by atoms with E-state index in [9.17, 15) is 46.7 Å². The number of halogens is 3. The highest BCUT2D eigenvalue weighted by atomic mass is 19.4. The molecule has 2 bridgehead atoms. The molecular weight excluding hydrogens is 1360 g/mol. The van der Waals surface area contributed by atoms with Crippen molar-refractivity contribution in [3.05, 3.63) is 65.3 Å². The molecule has 5 aliphatic rings. The Morgan fingerprint density at radius 3 is 2.13 bits per heavy atom. The summed E-state index contributed by atoms with van der Waals surface area (Å²) in [5, 5.41) is 8.75. The third-order valence-corrected chi connectivity index (χ3v) is 22.2. The highest BCUT2D eigenvalue weighted by molar-refractivity contribution is 6.00. The molecule has 105 heavy (non-hydrogen) atoms. The normalized spacial score (nSPS) is 24.7. The van der Waals surface area contributed by atoms with E-state index in [0.717, 1.165) is 31.6 Å². The number of alkyl halides is 3. The summed E-state index contributed by atoms with van der Waals surface area (Å²) in [6, 6.07) is -5.74. The minimum Gasteiger partial charge on any atom is -0.496 e. The molecule has 3 unspecified atom stereocenters. The van der Waals surface area contributed by atoms with Crippen molar-refractivity contribution in [2.24, 2.45) is 23.0 Å². The number of allylic oxidation sites excluding steroid dienone is 4. The van der Waals surface area contributed by atoms with E-state index in [1.165, 1.54) is 88.7 Å². The van der Waals surface area contributed by atoms with Gasteiger partial charge in [-0.05, 0) is 139 Å². The molecule has 10 atom stereocenters. The molecule has 586 valence electrons. The zero-order chi connectivity index (χ0) is 78.0. The van der Waals surface area contributed by atoms with Gasteiger partial charge in [-0.3, -0.25) is 52.7 Å². The van der Waals surface area contributed by atoms with E-state index in [0.29, 0.717) is 69.8 Å². The first-order chi connectivity index (χ1) is 49.5. The van der Waals surface area contributed by atoms with Crippen LogP contribution in [-0.2, 0) is 70.1 Å². The number of likely N-dealkylation sites (tertiary alicyclic amines) is 1. The molecule has 28 heteroatoms. The van der Waals surface area contributed by atoms with Crippen LogP contribution >= 0.6 is 0 Å². The van der Waals surface area contributed by atoms with Gasteiger partial charge in [0.1, 0.15) is 53.6 Å². The fourth-order valence-electron chi connectivity index (χ4n) is 15.8. The fraction of sp³-hybridized carbons (Fsp3) is 0.701. The van der Waals surface area contributed by atoms with E-state index in [4.69, 9.17) is 15.2 Å². The van der Waals surface area contributed by atoms with Gasteiger partial charge in [-0.25, -0.2) is 0 Å². The monoisotopic (exact) mass is 1480 g/mol. The number of aryl methyl sites for hydroxylation is 1. The van der Waals surface area contributed by atoms with Crippen LogP contribution in [0, 0.1) is 17.3 Å². The van der Waals surface area contributed by atoms with E-state index in [1.54, 1.807) is 32.7 Å². The molecule has 0 spiro atoms. The van der Waals surface area contributed by atoms with Gasteiger partial charge in [-0.15, -0.1) is 0 Å². The van der Waals surface area contributed by atoms with E-state index >= 15 is 19.2 Å². The van der Waals surface area contributed by atoms with Crippen molar-refractivity contribution in [1.29, 1.82) is 0 Å².